The van der Waals surface area contributed by atoms with Gasteiger partial charge in [-0.25, -0.2) is 9.97 Å². The monoisotopic (exact) mass is 365 g/mol. The number of nitrogens with zero attached hydrogens (tertiary/aromatic N) is 4. The van der Waals surface area contributed by atoms with Crippen molar-refractivity contribution >= 4 is 11.7 Å². The molecule has 9 heteroatoms. The average molecular weight is 365 g/mol. The molecule has 0 bridgehead atoms. The molecule has 0 saturated carbocycles. The largest absolute Gasteiger partial charge is 0.433 e. The van der Waals surface area contributed by atoms with E-state index in [0.717, 1.165) is 36.6 Å². The van der Waals surface area contributed by atoms with Crippen LogP contribution in [0.15, 0.2) is 30.7 Å². The highest BCUT2D eigenvalue weighted by Crippen LogP contribution is 2.27. The Balaban J connectivity index is 1.56. The van der Waals surface area contributed by atoms with Crippen molar-refractivity contribution in [2.45, 2.75) is 32.0 Å². The minimum atomic E-state index is -4.51. The topological polar surface area (TPSA) is 71.0 Å². The minimum Gasteiger partial charge on any atom is -0.367 e. The second-order valence-corrected chi connectivity index (χ2v) is 6.19. The maximum atomic E-state index is 12.5. The van der Waals surface area contributed by atoms with E-state index in [9.17, 15) is 18.0 Å². The number of alkyl halides is 3. The molecule has 2 aromatic rings. The lowest BCUT2D eigenvalue weighted by molar-refractivity contribution is -0.141. The molecule has 1 N–H and O–H groups in total. The number of rotatable bonds is 3. The van der Waals surface area contributed by atoms with Crippen molar-refractivity contribution in [3.05, 3.63) is 47.7 Å². The van der Waals surface area contributed by atoms with Crippen molar-refractivity contribution in [3.63, 3.8) is 0 Å². The van der Waals surface area contributed by atoms with Gasteiger partial charge in [-0.1, -0.05) is 0 Å². The Kier molecular flexibility index (Phi) is 5.06. The van der Waals surface area contributed by atoms with E-state index in [2.05, 4.69) is 20.3 Å². The first-order valence-corrected chi connectivity index (χ1v) is 8.20. The van der Waals surface area contributed by atoms with E-state index in [1.165, 1.54) is 12.4 Å². The van der Waals surface area contributed by atoms with Crippen molar-refractivity contribution in [2.24, 2.45) is 0 Å². The number of aromatic nitrogens is 3. The number of carbonyl (C=O) groups is 1. The molecule has 0 unspecified atom stereocenters. The Morgan fingerprint density at radius 1 is 1.19 bits per heavy atom. The van der Waals surface area contributed by atoms with Gasteiger partial charge < -0.3 is 10.2 Å². The van der Waals surface area contributed by atoms with E-state index < -0.39 is 11.9 Å². The summed E-state index contributed by atoms with van der Waals surface area (Å²) in [4.78, 5) is 25.6. The van der Waals surface area contributed by atoms with Crippen LogP contribution in [0.25, 0.3) is 0 Å². The molecule has 3 rings (SSSR count). The number of halogens is 3. The number of anilines is 1. The lowest BCUT2D eigenvalue weighted by atomic mass is 10.0. The van der Waals surface area contributed by atoms with Crippen LogP contribution in [0.3, 0.4) is 0 Å². The summed E-state index contributed by atoms with van der Waals surface area (Å²) >= 11 is 0. The summed E-state index contributed by atoms with van der Waals surface area (Å²) in [6.45, 7) is 2.91. The third-order valence-electron chi connectivity index (χ3n) is 4.24. The Labute approximate surface area is 148 Å². The molecule has 1 fully saturated rings. The molecule has 0 atom stereocenters. The van der Waals surface area contributed by atoms with Gasteiger partial charge in [0.1, 0.15) is 17.8 Å². The van der Waals surface area contributed by atoms with Crippen molar-refractivity contribution in [3.8, 4) is 0 Å². The molecule has 1 aliphatic heterocycles. The smallest absolute Gasteiger partial charge is 0.367 e. The fourth-order valence-electron chi connectivity index (χ4n) is 2.84. The first-order chi connectivity index (χ1) is 12.3. The van der Waals surface area contributed by atoms with E-state index in [1.807, 2.05) is 13.0 Å². The van der Waals surface area contributed by atoms with Crippen LogP contribution in [0.2, 0.25) is 0 Å². The average Bonchev–Trinajstić information content (AvgIpc) is 2.61. The summed E-state index contributed by atoms with van der Waals surface area (Å²) in [6, 6.07) is 4.04. The van der Waals surface area contributed by atoms with Crippen molar-refractivity contribution in [2.75, 3.05) is 18.4 Å². The van der Waals surface area contributed by atoms with Gasteiger partial charge in [-0.2, -0.15) is 13.2 Å². The second kappa shape index (κ2) is 7.27. The SMILES string of the molecule is Cc1cc(NC2CCN(C(=O)c3ccc(C(F)(F)F)nc3)CC2)ncn1. The maximum absolute atomic E-state index is 12.5. The van der Waals surface area contributed by atoms with Gasteiger partial charge in [-0.05, 0) is 31.9 Å². The summed E-state index contributed by atoms with van der Waals surface area (Å²) in [5, 5.41) is 3.32. The van der Waals surface area contributed by atoms with Crippen LogP contribution in [0.4, 0.5) is 19.0 Å². The molecule has 3 heterocycles. The van der Waals surface area contributed by atoms with Gasteiger partial charge in [0.05, 0.1) is 5.56 Å². The fraction of sp³-hybridized carbons (Fsp3) is 0.412. The minimum absolute atomic E-state index is 0.163. The summed E-state index contributed by atoms with van der Waals surface area (Å²) in [5.41, 5.74) is 0.0258. The first kappa shape index (κ1) is 18.1. The molecular formula is C17H18F3N5O. The third-order valence-corrected chi connectivity index (χ3v) is 4.24. The molecule has 0 aromatic carbocycles. The third kappa shape index (κ3) is 4.27. The Hall–Kier alpha value is -2.71. The van der Waals surface area contributed by atoms with E-state index in [4.69, 9.17) is 0 Å². The summed E-state index contributed by atoms with van der Waals surface area (Å²) in [6.07, 6.45) is -0.580. The van der Waals surface area contributed by atoms with Crippen LogP contribution in [0.5, 0.6) is 0 Å². The van der Waals surface area contributed by atoms with Crippen LogP contribution in [-0.2, 0) is 6.18 Å². The predicted molar refractivity (Wildman–Crippen MR) is 88.6 cm³/mol. The molecule has 26 heavy (non-hydrogen) atoms. The number of amides is 1. The highest BCUT2D eigenvalue weighted by atomic mass is 19.4. The number of nitrogens with one attached hydrogen (secondary N) is 1. The van der Waals surface area contributed by atoms with Crippen LogP contribution in [-0.4, -0.2) is 44.9 Å². The van der Waals surface area contributed by atoms with Gasteiger partial charge in [0.2, 0.25) is 0 Å². The molecule has 0 aliphatic carbocycles. The zero-order valence-corrected chi connectivity index (χ0v) is 14.1. The van der Waals surface area contributed by atoms with Crippen LogP contribution in [0, 0.1) is 6.92 Å². The van der Waals surface area contributed by atoms with Crippen molar-refractivity contribution < 1.29 is 18.0 Å². The van der Waals surface area contributed by atoms with E-state index in [1.54, 1.807) is 4.90 Å². The number of aryl methyl sites for hydroxylation is 1. The van der Waals surface area contributed by atoms with E-state index in [-0.39, 0.29) is 17.5 Å². The number of piperidine rings is 1. The van der Waals surface area contributed by atoms with E-state index in [0.29, 0.717) is 13.1 Å². The second-order valence-electron chi connectivity index (χ2n) is 6.19. The Morgan fingerprint density at radius 3 is 2.50 bits per heavy atom. The molecule has 1 saturated heterocycles. The maximum Gasteiger partial charge on any atom is 0.433 e. The number of hydrogen-bond donors (Lipinski definition) is 1. The number of carbonyl (C=O) groups excluding carboxylic acids is 1. The zero-order valence-electron chi connectivity index (χ0n) is 14.1. The molecular weight excluding hydrogens is 347 g/mol. The Morgan fingerprint density at radius 2 is 1.92 bits per heavy atom. The number of hydrogen-bond acceptors (Lipinski definition) is 5. The number of pyridine rings is 1. The molecule has 0 spiro atoms. The molecule has 6 nitrogen and oxygen atoms in total. The van der Waals surface area contributed by atoms with E-state index >= 15 is 0 Å². The van der Waals surface area contributed by atoms with Gasteiger partial charge in [-0.3, -0.25) is 9.78 Å². The van der Waals surface area contributed by atoms with Crippen LogP contribution in [0.1, 0.15) is 34.6 Å². The normalized spacial score (nSPS) is 15.8. The van der Waals surface area contributed by atoms with Gasteiger partial charge in [-0.15, -0.1) is 0 Å². The quantitative estimate of drug-likeness (QED) is 0.906. The molecule has 1 aliphatic rings. The van der Waals surface area contributed by atoms with Crippen LogP contribution < -0.4 is 5.32 Å². The molecule has 1 amide bonds. The number of likely N-dealkylation sites (tertiary alicyclic amines) is 1. The lowest BCUT2D eigenvalue weighted by Crippen LogP contribution is -2.42. The molecule has 2 aromatic heterocycles. The Bertz CT molecular complexity index is 771. The summed E-state index contributed by atoms with van der Waals surface area (Å²) in [7, 11) is 0. The summed E-state index contributed by atoms with van der Waals surface area (Å²) in [5.74, 6) is 0.441. The van der Waals surface area contributed by atoms with Crippen molar-refractivity contribution in [1.29, 1.82) is 0 Å². The highest BCUT2D eigenvalue weighted by molar-refractivity contribution is 5.94. The fourth-order valence-corrected chi connectivity index (χ4v) is 2.84. The van der Waals surface area contributed by atoms with Crippen molar-refractivity contribution in [1.82, 2.24) is 19.9 Å². The highest BCUT2D eigenvalue weighted by Gasteiger charge is 2.32. The summed E-state index contributed by atoms with van der Waals surface area (Å²) < 4.78 is 37.6. The predicted octanol–water partition coefficient (Wildman–Crippen LogP) is 2.92. The van der Waals surface area contributed by atoms with Crippen LogP contribution >= 0.6 is 0 Å². The lowest BCUT2D eigenvalue weighted by Gasteiger charge is -2.32. The van der Waals surface area contributed by atoms with Gasteiger partial charge >= 0.3 is 6.18 Å². The molecule has 138 valence electrons. The first-order valence-electron chi connectivity index (χ1n) is 8.20. The standard InChI is InChI=1S/C17H18F3N5O/c1-11-8-15(23-10-22-11)24-13-4-6-25(7-5-13)16(26)12-2-3-14(21-9-12)17(18,19)20/h2-3,8-10,13H,4-7H2,1H3,(H,22,23,24). The van der Waals surface area contributed by atoms with Gasteiger partial charge in [0.25, 0.3) is 5.91 Å². The van der Waals surface area contributed by atoms with Gasteiger partial charge in [0.15, 0.2) is 0 Å². The molecule has 0 radical (unpaired) electrons. The zero-order chi connectivity index (χ0) is 18.7. The van der Waals surface area contributed by atoms with Gasteiger partial charge in [0, 0.05) is 37.1 Å².